The van der Waals surface area contributed by atoms with Crippen molar-refractivity contribution in [2.24, 2.45) is 0 Å². The van der Waals surface area contributed by atoms with E-state index >= 15 is 0 Å². The minimum Gasteiger partial charge on any atom is -0.455 e. The summed E-state index contributed by atoms with van der Waals surface area (Å²) >= 11 is 0. The number of hydrogen-bond acceptors (Lipinski definition) is 7. The van der Waals surface area contributed by atoms with Gasteiger partial charge in [0, 0.05) is 29.2 Å². The van der Waals surface area contributed by atoms with Crippen molar-refractivity contribution >= 4 is 11.5 Å². The molecule has 0 atom stereocenters. The van der Waals surface area contributed by atoms with Gasteiger partial charge in [-0.2, -0.15) is 0 Å². The Morgan fingerprint density at radius 3 is 2.57 bits per heavy atom. The molecule has 2 aromatic carbocycles. The van der Waals surface area contributed by atoms with Crippen LogP contribution >= 0.6 is 0 Å². The number of benzene rings is 2. The maximum absolute atomic E-state index is 6.26. The van der Waals surface area contributed by atoms with Crippen molar-refractivity contribution in [3.8, 4) is 22.8 Å². The van der Waals surface area contributed by atoms with Crippen molar-refractivity contribution in [1.82, 2.24) is 30.6 Å². The minimum atomic E-state index is -0.383. The first-order valence-corrected chi connectivity index (χ1v) is 11.3. The normalized spacial score (nSPS) is 11.3. The van der Waals surface area contributed by atoms with Crippen molar-refractivity contribution in [1.29, 1.82) is 0 Å². The van der Waals surface area contributed by atoms with E-state index < -0.39 is 0 Å². The van der Waals surface area contributed by atoms with E-state index in [9.17, 15) is 0 Å². The number of nitrogens with zero attached hydrogens (tertiary/aromatic N) is 5. The first-order valence-electron chi connectivity index (χ1n) is 11.3. The lowest BCUT2D eigenvalue weighted by Gasteiger charge is -2.22. The van der Waals surface area contributed by atoms with E-state index in [1.54, 1.807) is 6.20 Å². The lowest BCUT2D eigenvalue weighted by Crippen LogP contribution is -2.21. The van der Waals surface area contributed by atoms with E-state index in [1.165, 1.54) is 0 Å². The van der Waals surface area contributed by atoms with Crippen LogP contribution in [0.1, 0.15) is 30.9 Å². The monoisotopic (exact) mass is 463 g/mol. The molecular formula is C27H25N7O. The fourth-order valence-corrected chi connectivity index (χ4v) is 3.79. The van der Waals surface area contributed by atoms with Crippen LogP contribution in [0.25, 0.3) is 11.3 Å². The second-order valence-corrected chi connectivity index (χ2v) is 8.72. The third-order valence-corrected chi connectivity index (χ3v) is 5.80. The largest absolute Gasteiger partial charge is 0.455 e. The Labute approximate surface area is 203 Å². The molecule has 5 rings (SSSR count). The van der Waals surface area contributed by atoms with Gasteiger partial charge in [0.15, 0.2) is 11.6 Å². The Hall–Kier alpha value is -4.59. The van der Waals surface area contributed by atoms with Crippen LogP contribution in [0.2, 0.25) is 0 Å². The molecule has 0 bridgehead atoms. The van der Waals surface area contributed by atoms with Crippen LogP contribution in [0.5, 0.6) is 11.5 Å². The van der Waals surface area contributed by atoms with Crippen molar-refractivity contribution in [2.45, 2.75) is 26.2 Å². The molecule has 3 aromatic heterocycles. The summed E-state index contributed by atoms with van der Waals surface area (Å²) in [5.41, 5.74) is 4.30. The molecule has 3 heterocycles. The van der Waals surface area contributed by atoms with Crippen LogP contribution in [0, 0.1) is 6.92 Å². The highest BCUT2D eigenvalue weighted by atomic mass is 16.5. The number of ether oxygens (including phenoxy) is 1. The summed E-state index contributed by atoms with van der Waals surface area (Å²) in [6.07, 6.45) is 1.72. The number of tetrazole rings is 1. The van der Waals surface area contributed by atoms with Gasteiger partial charge >= 0.3 is 0 Å². The van der Waals surface area contributed by atoms with E-state index in [2.05, 4.69) is 56.9 Å². The number of anilines is 2. The maximum Gasteiger partial charge on any atom is 0.158 e. The SMILES string of the molecule is Cc1ccc(Oc2ccnc(Nc3cccc(C(C)(C)c4nnn[nH]4)c3)c2)c(-c2ccccc2)n1. The van der Waals surface area contributed by atoms with Crippen molar-refractivity contribution in [3.63, 3.8) is 0 Å². The number of aryl methyl sites for hydroxylation is 1. The van der Waals surface area contributed by atoms with Crippen LogP contribution in [-0.4, -0.2) is 30.6 Å². The fourth-order valence-electron chi connectivity index (χ4n) is 3.79. The Kier molecular flexibility index (Phi) is 5.93. The fraction of sp³-hybridized carbons (Fsp3) is 0.148. The Balaban J connectivity index is 1.39. The van der Waals surface area contributed by atoms with Crippen LogP contribution < -0.4 is 10.1 Å². The third kappa shape index (κ3) is 4.86. The molecule has 0 spiro atoms. The maximum atomic E-state index is 6.26. The molecule has 0 unspecified atom stereocenters. The molecule has 0 aliphatic heterocycles. The summed E-state index contributed by atoms with van der Waals surface area (Å²) < 4.78 is 6.26. The lowest BCUT2D eigenvalue weighted by atomic mass is 9.84. The van der Waals surface area contributed by atoms with Gasteiger partial charge < -0.3 is 10.1 Å². The van der Waals surface area contributed by atoms with Gasteiger partial charge in [-0.15, -0.1) is 5.10 Å². The van der Waals surface area contributed by atoms with Gasteiger partial charge in [0.05, 0.1) is 5.41 Å². The highest BCUT2D eigenvalue weighted by Crippen LogP contribution is 2.34. The van der Waals surface area contributed by atoms with Gasteiger partial charge in [0.25, 0.3) is 0 Å². The molecule has 8 heteroatoms. The number of hydrogen-bond donors (Lipinski definition) is 2. The molecule has 35 heavy (non-hydrogen) atoms. The quantitative estimate of drug-likeness (QED) is 0.313. The Morgan fingerprint density at radius 1 is 0.914 bits per heavy atom. The standard InChI is InChI=1S/C27H25N7O/c1-18-12-13-23(25(29-18)19-8-5-4-6-9-19)35-22-14-15-28-24(17-22)30-21-11-7-10-20(16-21)27(2,3)26-31-33-34-32-26/h4-17H,1-3H3,(H,28,30)(H,31,32,33,34). The molecule has 0 radical (unpaired) electrons. The van der Waals surface area contributed by atoms with Crippen LogP contribution in [0.15, 0.2) is 85.1 Å². The number of nitrogens with one attached hydrogen (secondary N) is 2. The zero-order valence-electron chi connectivity index (χ0n) is 19.7. The summed E-state index contributed by atoms with van der Waals surface area (Å²) in [6.45, 7) is 6.11. The van der Waals surface area contributed by atoms with Gasteiger partial charge in [-0.1, -0.05) is 42.5 Å². The van der Waals surface area contributed by atoms with E-state index in [0.717, 1.165) is 28.2 Å². The van der Waals surface area contributed by atoms with E-state index in [-0.39, 0.29) is 5.41 Å². The molecule has 0 fully saturated rings. The average Bonchev–Trinajstić information content (AvgIpc) is 3.42. The summed E-state index contributed by atoms with van der Waals surface area (Å²) in [7, 11) is 0. The van der Waals surface area contributed by atoms with E-state index in [4.69, 9.17) is 9.72 Å². The molecule has 0 saturated carbocycles. The molecule has 0 aliphatic carbocycles. The van der Waals surface area contributed by atoms with E-state index in [1.807, 2.05) is 73.7 Å². The van der Waals surface area contributed by atoms with Crippen LogP contribution in [0.3, 0.4) is 0 Å². The molecule has 0 amide bonds. The predicted octanol–water partition coefficient (Wildman–Crippen LogP) is 5.83. The van der Waals surface area contributed by atoms with Gasteiger partial charge in [-0.3, -0.25) is 0 Å². The first kappa shape index (κ1) is 22.2. The second kappa shape index (κ2) is 9.34. The Morgan fingerprint density at radius 2 is 1.77 bits per heavy atom. The van der Waals surface area contributed by atoms with Crippen molar-refractivity contribution in [3.05, 3.63) is 102 Å². The summed E-state index contributed by atoms with van der Waals surface area (Å²) in [5, 5.41) is 17.8. The van der Waals surface area contributed by atoms with Gasteiger partial charge in [0.2, 0.25) is 0 Å². The van der Waals surface area contributed by atoms with Crippen molar-refractivity contribution in [2.75, 3.05) is 5.32 Å². The average molecular weight is 464 g/mol. The number of rotatable bonds is 7. The Bertz CT molecular complexity index is 1430. The minimum absolute atomic E-state index is 0.383. The molecule has 0 saturated heterocycles. The van der Waals surface area contributed by atoms with Gasteiger partial charge in [-0.25, -0.2) is 15.1 Å². The molecule has 8 nitrogen and oxygen atoms in total. The highest BCUT2D eigenvalue weighted by molar-refractivity contribution is 5.67. The smallest absolute Gasteiger partial charge is 0.158 e. The number of H-pyrrole nitrogens is 1. The summed E-state index contributed by atoms with van der Waals surface area (Å²) in [6, 6.07) is 25.7. The van der Waals surface area contributed by atoms with Crippen molar-refractivity contribution < 1.29 is 4.74 Å². The number of aromatic amines is 1. The molecule has 0 aliphatic rings. The number of aromatic nitrogens is 6. The topological polar surface area (TPSA) is 101 Å². The molecule has 5 aromatic rings. The number of pyridine rings is 2. The zero-order valence-corrected chi connectivity index (χ0v) is 19.7. The summed E-state index contributed by atoms with van der Waals surface area (Å²) in [5.74, 6) is 2.71. The lowest BCUT2D eigenvalue weighted by molar-refractivity contribution is 0.482. The predicted molar refractivity (Wildman–Crippen MR) is 135 cm³/mol. The van der Waals surface area contributed by atoms with Crippen LogP contribution in [-0.2, 0) is 5.41 Å². The van der Waals surface area contributed by atoms with Gasteiger partial charge in [-0.05, 0) is 67.1 Å². The van der Waals surface area contributed by atoms with Crippen LogP contribution in [0.4, 0.5) is 11.5 Å². The zero-order chi connectivity index (χ0) is 24.3. The highest BCUT2D eigenvalue weighted by Gasteiger charge is 2.27. The van der Waals surface area contributed by atoms with E-state index in [0.29, 0.717) is 23.1 Å². The second-order valence-electron chi connectivity index (χ2n) is 8.72. The molecule has 2 N–H and O–H groups in total. The third-order valence-electron chi connectivity index (χ3n) is 5.80. The molecular weight excluding hydrogens is 438 g/mol. The van der Waals surface area contributed by atoms with Gasteiger partial charge in [0.1, 0.15) is 17.3 Å². The first-order chi connectivity index (χ1) is 17.0. The summed E-state index contributed by atoms with van der Waals surface area (Å²) in [4.78, 5) is 9.18. The molecule has 174 valence electrons.